The molecule has 3 aromatic rings. The molecule has 0 saturated carbocycles. The van der Waals surface area contributed by atoms with E-state index in [2.05, 4.69) is 49.5 Å². The number of halogens is 2. The average molecular weight is 566 g/mol. The highest BCUT2D eigenvalue weighted by Gasteiger charge is 2.02. The quantitative estimate of drug-likeness (QED) is 0.157. The van der Waals surface area contributed by atoms with Gasteiger partial charge in [-0.1, -0.05) is 0 Å². The molecule has 35 heavy (non-hydrogen) atoms. The number of carbonyl (C=O) groups is 3. The Morgan fingerprint density at radius 3 is 1.89 bits per heavy atom. The van der Waals surface area contributed by atoms with Gasteiger partial charge in [0, 0.05) is 76.4 Å². The number of rotatable bonds is 5. The Bertz CT molecular complexity index is 951. The molecule has 0 unspecified atom stereocenters. The summed E-state index contributed by atoms with van der Waals surface area (Å²) in [5.74, 6) is 4.60. The molecule has 0 aliphatic carbocycles. The van der Waals surface area contributed by atoms with Crippen LogP contribution in [0.25, 0.3) is 16.6 Å². The Morgan fingerprint density at radius 2 is 1.57 bits per heavy atom. The minimum Gasteiger partial charge on any atom is -0.383 e. The van der Waals surface area contributed by atoms with E-state index in [0.29, 0.717) is 0 Å². The topological polar surface area (TPSA) is 139 Å². The Labute approximate surface area is 223 Å². The second-order valence-corrected chi connectivity index (χ2v) is 8.80. The highest BCUT2D eigenvalue weighted by Crippen LogP contribution is 2.19. The fourth-order valence-corrected chi connectivity index (χ4v) is 2.56. The van der Waals surface area contributed by atoms with Crippen molar-refractivity contribution >= 4 is 68.8 Å². The highest BCUT2D eigenvalue weighted by molar-refractivity contribution is 7.13. The summed E-state index contributed by atoms with van der Waals surface area (Å²) in [5.41, 5.74) is 3.34. The molecule has 1 amide bonds. The van der Waals surface area contributed by atoms with E-state index in [9.17, 15) is 14.4 Å². The SMILES string of the molecule is CN(C)/C=C/c1nccs1.CN(C)C=O.CNN.Cn1cc(-c2nccs2)cn1.O=C(Cl)C(=O)Cl. The number of hydrogen-bond acceptors (Lipinski definition) is 11. The van der Waals surface area contributed by atoms with Crippen molar-refractivity contribution < 1.29 is 14.4 Å². The fourth-order valence-electron chi connectivity index (χ4n) is 1.43. The maximum atomic E-state index is 9.43. The van der Waals surface area contributed by atoms with Crippen molar-refractivity contribution in [3.8, 4) is 10.6 Å². The van der Waals surface area contributed by atoms with E-state index in [0.717, 1.165) is 22.0 Å². The molecule has 3 rings (SSSR count). The van der Waals surface area contributed by atoms with Gasteiger partial charge in [-0.2, -0.15) is 5.10 Å². The molecular formula is C20H30Cl2N8O3S2. The van der Waals surface area contributed by atoms with Crippen LogP contribution in [0.3, 0.4) is 0 Å². The van der Waals surface area contributed by atoms with Crippen molar-refractivity contribution in [1.29, 1.82) is 0 Å². The first kappa shape index (κ1) is 34.5. The van der Waals surface area contributed by atoms with Gasteiger partial charge in [-0.05, 0) is 36.3 Å². The zero-order valence-corrected chi connectivity index (χ0v) is 23.4. The molecule has 0 aliphatic heterocycles. The van der Waals surface area contributed by atoms with E-state index < -0.39 is 10.5 Å². The molecule has 11 nitrogen and oxygen atoms in total. The van der Waals surface area contributed by atoms with Crippen LogP contribution in [0.2, 0.25) is 0 Å². The second-order valence-electron chi connectivity index (χ2n) is 6.29. The largest absolute Gasteiger partial charge is 0.383 e. The van der Waals surface area contributed by atoms with E-state index in [-0.39, 0.29) is 0 Å². The van der Waals surface area contributed by atoms with Crippen molar-refractivity contribution in [2.75, 3.05) is 35.2 Å². The van der Waals surface area contributed by atoms with Crippen LogP contribution in [0.4, 0.5) is 0 Å². The van der Waals surface area contributed by atoms with Crippen LogP contribution in [0, 0.1) is 0 Å². The van der Waals surface area contributed by atoms with Crippen LogP contribution in [0.1, 0.15) is 5.01 Å². The summed E-state index contributed by atoms with van der Waals surface area (Å²) in [7, 11) is 10.9. The van der Waals surface area contributed by atoms with Gasteiger partial charge in [-0.25, -0.2) is 9.97 Å². The number of aromatic nitrogens is 4. The van der Waals surface area contributed by atoms with Crippen molar-refractivity contribution in [1.82, 2.24) is 35.0 Å². The summed E-state index contributed by atoms with van der Waals surface area (Å²) in [6.07, 6.45) is 12.1. The lowest BCUT2D eigenvalue weighted by atomic mass is 10.4. The van der Waals surface area contributed by atoms with Gasteiger partial charge in [0.15, 0.2) is 0 Å². The van der Waals surface area contributed by atoms with Crippen LogP contribution < -0.4 is 11.3 Å². The standard InChI is InChI=1S/C7H7N3S.C7H10N2S.C3H7NO.C2Cl2O2.CH6N2/c1-10-5-6(4-9-10)7-8-2-3-11-7;1-9(2)5-3-7-8-4-6-10-7;1-4(2)3-5;3-1(5)2(4)6;1-3-2/h2-5H,1H3;3-6H,1-2H3;3H,1-2H3;;3H,2H2,1H3/b;5-3+;;;. The van der Waals surface area contributed by atoms with E-state index in [1.165, 1.54) is 4.90 Å². The summed E-state index contributed by atoms with van der Waals surface area (Å²) < 4.78 is 1.77. The smallest absolute Gasteiger partial charge is 0.304 e. The number of nitrogens with two attached hydrogens (primary N) is 1. The van der Waals surface area contributed by atoms with Gasteiger partial charge in [0.1, 0.15) is 10.0 Å². The second kappa shape index (κ2) is 21.8. The third-order valence-corrected chi connectivity index (χ3v) is 4.72. The summed E-state index contributed by atoms with van der Waals surface area (Å²) >= 11 is 12.2. The molecule has 3 aromatic heterocycles. The molecule has 0 fully saturated rings. The summed E-state index contributed by atoms with van der Waals surface area (Å²) in [6.45, 7) is 0. The Kier molecular flexibility index (Phi) is 21.5. The van der Waals surface area contributed by atoms with Crippen molar-refractivity contribution in [2.24, 2.45) is 12.9 Å². The number of hydrazine groups is 1. The van der Waals surface area contributed by atoms with Crippen LogP contribution in [0.5, 0.6) is 0 Å². The molecule has 3 N–H and O–H groups in total. The fraction of sp³-hybridized carbons (Fsp3) is 0.300. The third-order valence-electron chi connectivity index (χ3n) is 2.72. The Balaban J connectivity index is 0. The Morgan fingerprint density at radius 1 is 1.06 bits per heavy atom. The molecule has 0 atom stereocenters. The van der Waals surface area contributed by atoms with Gasteiger partial charge >= 0.3 is 10.5 Å². The number of thiazole rings is 2. The first-order valence-corrected chi connectivity index (χ1v) is 12.0. The summed E-state index contributed by atoms with van der Waals surface area (Å²) in [5, 5.41) is 7.78. The van der Waals surface area contributed by atoms with Gasteiger partial charge in [0.05, 0.1) is 6.20 Å². The van der Waals surface area contributed by atoms with Gasteiger partial charge in [-0.3, -0.25) is 30.3 Å². The molecule has 0 bridgehead atoms. The number of nitrogens with zero attached hydrogens (tertiary/aromatic N) is 6. The molecule has 0 aliphatic rings. The molecule has 0 saturated heterocycles. The average Bonchev–Trinajstić information content (AvgIpc) is 3.57. The minimum absolute atomic E-state index is 0.750. The van der Waals surface area contributed by atoms with E-state index in [4.69, 9.17) is 0 Å². The predicted molar refractivity (Wildman–Crippen MR) is 144 cm³/mol. The van der Waals surface area contributed by atoms with Crippen molar-refractivity contribution in [2.45, 2.75) is 0 Å². The summed E-state index contributed by atoms with van der Waals surface area (Å²) in [4.78, 5) is 40.0. The number of hydrogen-bond donors (Lipinski definition) is 2. The highest BCUT2D eigenvalue weighted by atomic mass is 35.5. The molecule has 0 radical (unpaired) electrons. The number of amides is 1. The van der Waals surface area contributed by atoms with E-state index >= 15 is 0 Å². The molecule has 0 spiro atoms. The lowest BCUT2D eigenvalue weighted by Crippen LogP contribution is -2.13. The number of carbonyl (C=O) groups excluding carboxylic acids is 3. The van der Waals surface area contributed by atoms with E-state index in [1.807, 2.05) is 61.5 Å². The van der Waals surface area contributed by atoms with Gasteiger partial charge < -0.3 is 9.80 Å². The Hall–Kier alpha value is -2.68. The third kappa shape index (κ3) is 21.6. The maximum absolute atomic E-state index is 9.43. The first-order chi connectivity index (χ1) is 16.5. The monoisotopic (exact) mass is 564 g/mol. The van der Waals surface area contributed by atoms with Gasteiger partial charge in [-0.15, -0.1) is 22.7 Å². The van der Waals surface area contributed by atoms with Crippen molar-refractivity contribution in [3.63, 3.8) is 0 Å². The predicted octanol–water partition coefficient (Wildman–Crippen LogP) is 2.52. The number of nitrogens with one attached hydrogen (secondary N) is 1. The molecule has 194 valence electrons. The molecule has 0 aromatic carbocycles. The number of aryl methyl sites for hydroxylation is 1. The lowest BCUT2D eigenvalue weighted by Gasteiger charge is -2.00. The lowest BCUT2D eigenvalue weighted by molar-refractivity contribution is -0.127. The van der Waals surface area contributed by atoms with Crippen LogP contribution >= 0.6 is 45.9 Å². The van der Waals surface area contributed by atoms with Crippen LogP contribution in [0.15, 0.2) is 41.7 Å². The molecule has 15 heteroatoms. The van der Waals surface area contributed by atoms with E-state index in [1.54, 1.807) is 60.9 Å². The van der Waals surface area contributed by atoms with Gasteiger partial charge in [0.25, 0.3) is 0 Å². The van der Waals surface area contributed by atoms with Crippen molar-refractivity contribution in [3.05, 3.63) is 46.8 Å². The minimum atomic E-state index is -1.14. The molecular weight excluding hydrogens is 535 g/mol. The maximum Gasteiger partial charge on any atom is 0.304 e. The molecule has 3 heterocycles. The normalized spacial score (nSPS) is 9.06. The zero-order chi connectivity index (χ0) is 27.2. The van der Waals surface area contributed by atoms with Gasteiger partial charge in [0.2, 0.25) is 6.41 Å². The van der Waals surface area contributed by atoms with Crippen LogP contribution in [-0.2, 0) is 21.4 Å². The van der Waals surface area contributed by atoms with Crippen LogP contribution in [-0.4, -0.2) is 81.7 Å². The zero-order valence-electron chi connectivity index (χ0n) is 20.3. The first-order valence-electron chi connectivity index (χ1n) is 9.49. The summed E-state index contributed by atoms with van der Waals surface area (Å²) in [6, 6.07) is 0.